The Morgan fingerprint density at radius 3 is 2.88 bits per heavy atom. The highest BCUT2D eigenvalue weighted by molar-refractivity contribution is 6.19. The minimum atomic E-state index is -0.408. The van der Waals surface area contributed by atoms with Crippen molar-refractivity contribution in [2.24, 2.45) is 11.8 Å². The van der Waals surface area contributed by atoms with E-state index in [1.165, 1.54) is 6.42 Å². The van der Waals surface area contributed by atoms with Gasteiger partial charge in [0.05, 0.1) is 12.1 Å². The van der Waals surface area contributed by atoms with E-state index < -0.39 is 5.54 Å². The molecule has 0 aromatic heterocycles. The molecule has 1 fully saturated rings. The van der Waals surface area contributed by atoms with E-state index in [-0.39, 0.29) is 18.4 Å². The number of carbonyl (C=O) groups excluding carboxylic acids is 1. The van der Waals surface area contributed by atoms with Crippen molar-refractivity contribution < 1.29 is 9.90 Å². The third-order valence-electron chi connectivity index (χ3n) is 3.46. The third-order valence-corrected chi connectivity index (χ3v) is 3.92. The summed E-state index contributed by atoms with van der Waals surface area (Å²) >= 11 is 5.66. The third kappa shape index (κ3) is 3.36. The summed E-state index contributed by atoms with van der Waals surface area (Å²) < 4.78 is 0. The summed E-state index contributed by atoms with van der Waals surface area (Å²) in [4.78, 5) is 11.8. The van der Waals surface area contributed by atoms with Gasteiger partial charge in [-0.2, -0.15) is 0 Å². The summed E-state index contributed by atoms with van der Waals surface area (Å²) in [6.07, 6.45) is 3.98. The maximum absolute atomic E-state index is 11.8. The van der Waals surface area contributed by atoms with Gasteiger partial charge < -0.3 is 10.4 Å². The van der Waals surface area contributed by atoms with Crippen LogP contribution in [-0.2, 0) is 4.79 Å². The predicted octanol–water partition coefficient (Wildman–Crippen LogP) is 1.92. The second kappa shape index (κ2) is 5.87. The molecule has 1 amide bonds. The number of hydrogen-bond donors (Lipinski definition) is 2. The van der Waals surface area contributed by atoms with Crippen molar-refractivity contribution in [1.29, 1.82) is 0 Å². The van der Waals surface area contributed by atoms with Crippen LogP contribution in [0, 0.1) is 11.8 Å². The van der Waals surface area contributed by atoms with Crippen molar-refractivity contribution in [1.82, 2.24) is 5.32 Å². The van der Waals surface area contributed by atoms with E-state index in [1.807, 2.05) is 0 Å². The molecule has 4 heteroatoms. The molecule has 0 saturated heterocycles. The maximum Gasteiger partial charge on any atom is 0.224 e. The number of nitrogens with one attached hydrogen (secondary N) is 1. The van der Waals surface area contributed by atoms with E-state index in [4.69, 9.17) is 11.6 Å². The lowest BCUT2D eigenvalue weighted by Crippen LogP contribution is -2.55. The lowest BCUT2D eigenvalue weighted by atomic mass is 9.76. The number of aliphatic hydroxyl groups is 1. The topological polar surface area (TPSA) is 49.3 Å². The van der Waals surface area contributed by atoms with Crippen molar-refractivity contribution in [3.63, 3.8) is 0 Å². The van der Waals surface area contributed by atoms with Crippen LogP contribution in [0.25, 0.3) is 0 Å². The number of halogens is 1. The van der Waals surface area contributed by atoms with Crippen LogP contribution < -0.4 is 5.32 Å². The number of rotatable bonds is 4. The van der Waals surface area contributed by atoms with Crippen LogP contribution in [0.15, 0.2) is 0 Å². The average molecular weight is 248 g/mol. The lowest BCUT2D eigenvalue weighted by molar-refractivity contribution is -0.127. The fraction of sp³-hybridized carbons (Fsp3) is 0.917. The molecule has 1 aliphatic rings. The molecule has 0 spiro atoms. The molecule has 1 saturated carbocycles. The Morgan fingerprint density at radius 2 is 2.38 bits per heavy atom. The van der Waals surface area contributed by atoms with Crippen LogP contribution >= 0.6 is 11.6 Å². The van der Waals surface area contributed by atoms with E-state index in [0.29, 0.717) is 11.8 Å². The van der Waals surface area contributed by atoms with E-state index in [0.717, 1.165) is 19.3 Å². The van der Waals surface area contributed by atoms with Crippen molar-refractivity contribution in [3.8, 4) is 0 Å². The fourth-order valence-corrected chi connectivity index (χ4v) is 2.55. The standard InChI is InChI=1S/C12H22ClNO2/c1-9-4-3-5-12(6-9,8-15)14-11(16)10(2)7-13/h9-10,15H,3-8H2,1-2H3,(H,14,16). The molecule has 94 valence electrons. The number of carbonyl (C=O) groups is 1. The van der Waals surface area contributed by atoms with Crippen molar-refractivity contribution in [3.05, 3.63) is 0 Å². The molecular formula is C12H22ClNO2. The van der Waals surface area contributed by atoms with Crippen LogP contribution in [0.5, 0.6) is 0 Å². The molecule has 0 aliphatic heterocycles. The summed E-state index contributed by atoms with van der Waals surface area (Å²) in [6.45, 7) is 4.00. The lowest BCUT2D eigenvalue weighted by Gasteiger charge is -2.40. The molecule has 0 heterocycles. The Balaban J connectivity index is 2.62. The van der Waals surface area contributed by atoms with Gasteiger partial charge in [-0.15, -0.1) is 11.6 Å². The normalized spacial score (nSPS) is 32.1. The molecule has 1 rings (SSSR count). The Labute approximate surface area is 103 Å². The minimum absolute atomic E-state index is 0.0259. The first kappa shape index (κ1) is 13.8. The van der Waals surface area contributed by atoms with Crippen molar-refractivity contribution in [2.45, 2.75) is 45.1 Å². The van der Waals surface area contributed by atoms with E-state index in [2.05, 4.69) is 12.2 Å². The molecule has 0 aromatic rings. The highest BCUT2D eigenvalue weighted by Gasteiger charge is 2.36. The van der Waals surface area contributed by atoms with E-state index >= 15 is 0 Å². The SMILES string of the molecule is CC1CCCC(CO)(NC(=O)C(C)CCl)C1. The Hall–Kier alpha value is -0.280. The van der Waals surface area contributed by atoms with Gasteiger partial charge in [0, 0.05) is 11.8 Å². The van der Waals surface area contributed by atoms with Crippen LogP contribution in [-0.4, -0.2) is 29.0 Å². The summed E-state index contributed by atoms with van der Waals surface area (Å²) in [6, 6.07) is 0. The first-order valence-electron chi connectivity index (χ1n) is 6.02. The monoisotopic (exact) mass is 247 g/mol. The molecule has 2 N–H and O–H groups in total. The van der Waals surface area contributed by atoms with Gasteiger partial charge in [-0.25, -0.2) is 0 Å². The summed E-state index contributed by atoms with van der Waals surface area (Å²) in [7, 11) is 0. The molecule has 0 radical (unpaired) electrons. The van der Waals surface area contributed by atoms with E-state index in [9.17, 15) is 9.90 Å². The Kier molecular flexibility index (Phi) is 5.06. The van der Waals surface area contributed by atoms with Crippen LogP contribution in [0.4, 0.5) is 0 Å². The quantitative estimate of drug-likeness (QED) is 0.746. The van der Waals surface area contributed by atoms with E-state index in [1.54, 1.807) is 6.92 Å². The molecule has 3 unspecified atom stereocenters. The predicted molar refractivity (Wildman–Crippen MR) is 65.5 cm³/mol. The number of alkyl halides is 1. The number of aliphatic hydroxyl groups excluding tert-OH is 1. The molecular weight excluding hydrogens is 226 g/mol. The second-order valence-electron chi connectivity index (χ2n) is 5.18. The van der Waals surface area contributed by atoms with Gasteiger partial charge >= 0.3 is 0 Å². The average Bonchev–Trinajstić information content (AvgIpc) is 2.27. The van der Waals surface area contributed by atoms with Crippen molar-refractivity contribution >= 4 is 17.5 Å². The van der Waals surface area contributed by atoms with Gasteiger partial charge in [-0.3, -0.25) is 4.79 Å². The summed E-state index contributed by atoms with van der Waals surface area (Å²) in [5, 5.41) is 12.5. The molecule has 0 bridgehead atoms. The van der Waals surface area contributed by atoms with Gasteiger partial charge in [0.15, 0.2) is 0 Å². The molecule has 0 aromatic carbocycles. The second-order valence-corrected chi connectivity index (χ2v) is 5.49. The zero-order valence-electron chi connectivity index (χ0n) is 10.1. The van der Waals surface area contributed by atoms with Crippen molar-refractivity contribution in [2.75, 3.05) is 12.5 Å². The van der Waals surface area contributed by atoms with Gasteiger partial charge in [0.1, 0.15) is 0 Å². The van der Waals surface area contributed by atoms with Gasteiger partial charge in [0.2, 0.25) is 5.91 Å². The maximum atomic E-state index is 11.8. The summed E-state index contributed by atoms with van der Waals surface area (Å²) in [5.41, 5.74) is -0.408. The van der Waals surface area contributed by atoms with Gasteiger partial charge in [-0.1, -0.05) is 26.7 Å². The van der Waals surface area contributed by atoms with Gasteiger partial charge in [-0.05, 0) is 18.8 Å². The Morgan fingerprint density at radius 1 is 1.69 bits per heavy atom. The smallest absolute Gasteiger partial charge is 0.224 e. The van der Waals surface area contributed by atoms with Crippen LogP contribution in [0.1, 0.15) is 39.5 Å². The zero-order chi connectivity index (χ0) is 12.2. The number of hydrogen-bond acceptors (Lipinski definition) is 2. The largest absolute Gasteiger partial charge is 0.394 e. The highest BCUT2D eigenvalue weighted by atomic mass is 35.5. The van der Waals surface area contributed by atoms with Crippen LogP contribution in [0.2, 0.25) is 0 Å². The zero-order valence-corrected chi connectivity index (χ0v) is 10.9. The Bertz CT molecular complexity index is 247. The first-order chi connectivity index (χ1) is 7.53. The fourth-order valence-electron chi connectivity index (χ4n) is 2.41. The van der Waals surface area contributed by atoms with Gasteiger partial charge in [0.25, 0.3) is 0 Å². The molecule has 3 nitrogen and oxygen atoms in total. The number of amides is 1. The highest BCUT2D eigenvalue weighted by Crippen LogP contribution is 2.32. The summed E-state index contributed by atoms with van der Waals surface area (Å²) in [5.74, 6) is 0.649. The van der Waals surface area contributed by atoms with Crippen LogP contribution in [0.3, 0.4) is 0 Å². The molecule has 1 aliphatic carbocycles. The minimum Gasteiger partial charge on any atom is -0.394 e. The molecule has 3 atom stereocenters. The first-order valence-corrected chi connectivity index (χ1v) is 6.55. The molecule has 16 heavy (non-hydrogen) atoms.